The van der Waals surface area contributed by atoms with Crippen molar-refractivity contribution < 1.29 is 0 Å². The van der Waals surface area contributed by atoms with Crippen molar-refractivity contribution in [2.75, 3.05) is 11.4 Å². The van der Waals surface area contributed by atoms with Gasteiger partial charge in [-0.2, -0.15) is 11.3 Å². The minimum atomic E-state index is 0.709. The Labute approximate surface area is 139 Å². The van der Waals surface area contributed by atoms with Crippen molar-refractivity contribution in [3.63, 3.8) is 0 Å². The summed E-state index contributed by atoms with van der Waals surface area (Å²) in [6, 6.07) is 9.70. The molecule has 1 saturated carbocycles. The fourth-order valence-corrected chi connectivity index (χ4v) is 3.85. The summed E-state index contributed by atoms with van der Waals surface area (Å²) in [4.78, 5) is 2.54. The van der Waals surface area contributed by atoms with E-state index in [9.17, 15) is 0 Å². The number of nitrogens with zero attached hydrogens (tertiary/aromatic N) is 1. The average molecular weight is 365 g/mol. The van der Waals surface area contributed by atoms with Gasteiger partial charge in [0.2, 0.25) is 0 Å². The van der Waals surface area contributed by atoms with Crippen LogP contribution in [0.4, 0.5) is 5.69 Å². The fourth-order valence-electron chi connectivity index (χ4n) is 2.54. The summed E-state index contributed by atoms with van der Waals surface area (Å²) in [7, 11) is 0. The molecular formula is C17H21BrN2S. The van der Waals surface area contributed by atoms with Gasteiger partial charge in [0.15, 0.2) is 0 Å². The molecule has 2 nitrogen and oxygen atoms in total. The molecule has 1 fully saturated rings. The van der Waals surface area contributed by atoms with Crippen LogP contribution >= 0.6 is 27.3 Å². The third kappa shape index (κ3) is 3.87. The maximum atomic E-state index is 3.77. The highest BCUT2D eigenvalue weighted by atomic mass is 79.9. The molecule has 0 amide bonds. The van der Waals surface area contributed by atoms with Crippen LogP contribution in [0.2, 0.25) is 0 Å². The summed E-state index contributed by atoms with van der Waals surface area (Å²) < 4.78 is 1.21. The van der Waals surface area contributed by atoms with Gasteiger partial charge in [0, 0.05) is 23.6 Å². The fraction of sp³-hybridized carbons (Fsp3) is 0.412. The maximum absolute atomic E-state index is 3.77. The van der Waals surface area contributed by atoms with E-state index in [0.717, 1.165) is 19.6 Å². The minimum Gasteiger partial charge on any atom is -0.363 e. The molecule has 112 valence electrons. The second-order valence-corrected chi connectivity index (χ2v) is 7.19. The number of benzene rings is 1. The van der Waals surface area contributed by atoms with Gasteiger partial charge in [-0.15, -0.1) is 0 Å². The molecule has 0 spiro atoms. The van der Waals surface area contributed by atoms with E-state index in [-0.39, 0.29) is 0 Å². The van der Waals surface area contributed by atoms with E-state index >= 15 is 0 Å². The summed E-state index contributed by atoms with van der Waals surface area (Å²) in [6.07, 6.45) is 2.63. The van der Waals surface area contributed by atoms with E-state index in [1.807, 2.05) is 0 Å². The van der Waals surface area contributed by atoms with Gasteiger partial charge in [-0.05, 0) is 75.4 Å². The molecule has 2 aromatic rings. The Morgan fingerprint density at radius 1 is 1.29 bits per heavy atom. The third-order valence-corrected chi connectivity index (χ3v) is 5.19. The van der Waals surface area contributed by atoms with Crippen LogP contribution in [0.5, 0.6) is 0 Å². The molecule has 1 heterocycles. The van der Waals surface area contributed by atoms with Crippen molar-refractivity contribution in [3.8, 4) is 0 Å². The number of hydrogen-bond donors (Lipinski definition) is 1. The SMILES string of the molecule is CCNCc1ccc(N(Cc2ccsc2)C2CC2)c(Br)c1. The Bertz CT molecular complexity index is 578. The van der Waals surface area contributed by atoms with Crippen LogP contribution in [0.15, 0.2) is 39.5 Å². The van der Waals surface area contributed by atoms with Gasteiger partial charge in [0.25, 0.3) is 0 Å². The summed E-state index contributed by atoms with van der Waals surface area (Å²) in [5.41, 5.74) is 4.07. The zero-order valence-electron chi connectivity index (χ0n) is 12.3. The molecule has 4 heteroatoms. The lowest BCUT2D eigenvalue weighted by atomic mass is 10.1. The van der Waals surface area contributed by atoms with Crippen LogP contribution in [0.3, 0.4) is 0 Å². The van der Waals surface area contributed by atoms with Crippen molar-refractivity contribution in [1.82, 2.24) is 5.32 Å². The molecule has 0 saturated heterocycles. The number of anilines is 1. The molecule has 1 N–H and O–H groups in total. The van der Waals surface area contributed by atoms with Crippen LogP contribution < -0.4 is 10.2 Å². The summed E-state index contributed by atoms with van der Waals surface area (Å²) in [6.45, 7) is 5.09. The van der Waals surface area contributed by atoms with E-state index in [1.54, 1.807) is 11.3 Å². The average Bonchev–Trinajstić information content (AvgIpc) is 3.20. The molecule has 0 aliphatic heterocycles. The van der Waals surface area contributed by atoms with E-state index in [1.165, 1.54) is 34.1 Å². The minimum absolute atomic E-state index is 0.709. The van der Waals surface area contributed by atoms with Crippen LogP contribution in [0, 0.1) is 0 Å². The van der Waals surface area contributed by atoms with Crippen LogP contribution in [-0.2, 0) is 13.1 Å². The number of rotatable bonds is 7. The molecule has 3 rings (SSSR count). The molecule has 0 radical (unpaired) electrons. The molecule has 0 unspecified atom stereocenters. The predicted octanol–water partition coefficient (Wildman–Crippen LogP) is 4.79. The first-order valence-corrected chi connectivity index (χ1v) is 9.28. The normalized spacial score (nSPS) is 14.4. The van der Waals surface area contributed by atoms with Gasteiger partial charge >= 0.3 is 0 Å². The van der Waals surface area contributed by atoms with Crippen LogP contribution in [0.1, 0.15) is 30.9 Å². The van der Waals surface area contributed by atoms with Crippen molar-refractivity contribution in [2.24, 2.45) is 0 Å². The molecule has 0 atom stereocenters. The first-order valence-electron chi connectivity index (χ1n) is 7.54. The second kappa shape index (κ2) is 6.95. The van der Waals surface area contributed by atoms with E-state index < -0.39 is 0 Å². The number of nitrogens with one attached hydrogen (secondary N) is 1. The molecule has 1 aliphatic carbocycles. The second-order valence-electron chi connectivity index (χ2n) is 5.56. The molecule has 0 bridgehead atoms. The number of hydrogen-bond acceptors (Lipinski definition) is 3. The highest BCUT2D eigenvalue weighted by Crippen LogP contribution is 2.37. The van der Waals surface area contributed by atoms with E-state index in [4.69, 9.17) is 0 Å². The highest BCUT2D eigenvalue weighted by molar-refractivity contribution is 9.10. The van der Waals surface area contributed by atoms with Crippen molar-refractivity contribution in [1.29, 1.82) is 0 Å². The zero-order chi connectivity index (χ0) is 14.7. The Morgan fingerprint density at radius 3 is 2.76 bits per heavy atom. The lowest BCUT2D eigenvalue weighted by Gasteiger charge is -2.26. The Kier molecular flexibility index (Phi) is 4.99. The first kappa shape index (κ1) is 15.1. The summed E-state index contributed by atoms with van der Waals surface area (Å²) in [5.74, 6) is 0. The Balaban J connectivity index is 1.79. The van der Waals surface area contributed by atoms with Crippen LogP contribution in [-0.4, -0.2) is 12.6 Å². The number of halogens is 1. The van der Waals surface area contributed by atoms with E-state index in [2.05, 4.69) is 68.1 Å². The maximum Gasteiger partial charge on any atom is 0.0516 e. The van der Waals surface area contributed by atoms with E-state index in [0.29, 0.717) is 6.04 Å². The van der Waals surface area contributed by atoms with Crippen molar-refractivity contribution >= 4 is 33.0 Å². The Morgan fingerprint density at radius 2 is 2.14 bits per heavy atom. The Hall–Kier alpha value is -0.840. The van der Waals surface area contributed by atoms with Gasteiger partial charge in [-0.1, -0.05) is 13.0 Å². The predicted molar refractivity (Wildman–Crippen MR) is 95.0 cm³/mol. The largest absolute Gasteiger partial charge is 0.363 e. The monoisotopic (exact) mass is 364 g/mol. The van der Waals surface area contributed by atoms with Crippen molar-refractivity contribution in [3.05, 3.63) is 50.6 Å². The van der Waals surface area contributed by atoms with Gasteiger partial charge in [0.1, 0.15) is 0 Å². The van der Waals surface area contributed by atoms with Gasteiger partial charge in [0.05, 0.1) is 5.69 Å². The highest BCUT2D eigenvalue weighted by Gasteiger charge is 2.30. The summed E-state index contributed by atoms with van der Waals surface area (Å²) in [5, 5.41) is 7.79. The lowest BCUT2D eigenvalue weighted by Crippen LogP contribution is -2.25. The zero-order valence-corrected chi connectivity index (χ0v) is 14.7. The molecular weight excluding hydrogens is 344 g/mol. The lowest BCUT2D eigenvalue weighted by molar-refractivity contribution is 0.725. The van der Waals surface area contributed by atoms with Crippen molar-refractivity contribution in [2.45, 2.75) is 38.9 Å². The number of thiophene rings is 1. The molecule has 1 aromatic heterocycles. The molecule has 21 heavy (non-hydrogen) atoms. The topological polar surface area (TPSA) is 15.3 Å². The van der Waals surface area contributed by atoms with Crippen LogP contribution in [0.25, 0.3) is 0 Å². The van der Waals surface area contributed by atoms with Gasteiger partial charge in [-0.3, -0.25) is 0 Å². The molecule has 1 aromatic carbocycles. The molecule has 1 aliphatic rings. The van der Waals surface area contributed by atoms with Gasteiger partial charge < -0.3 is 10.2 Å². The standard InChI is InChI=1S/C17H21BrN2S/c1-2-19-10-13-3-6-17(16(18)9-13)20(15-4-5-15)11-14-7-8-21-12-14/h3,6-9,12,15,19H,2,4-5,10-11H2,1H3. The van der Waals surface area contributed by atoms with Gasteiger partial charge in [-0.25, -0.2) is 0 Å². The smallest absolute Gasteiger partial charge is 0.0516 e. The first-order chi connectivity index (χ1) is 10.3. The summed E-state index contributed by atoms with van der Waals surface area (Å²) >= 11 is 5.55. The third-order valence-electron chi connectivity index (χ3n) is 3.82. The quantitative estimate of drug-likeness (QED) is 0.759.